The highest BCUT2D eigenvalue weighted by Crippen LogP contribution is 2.23. The summed E-state index contributed by atoms with van der Waals surface area (Å²) in [6.45, 7) is 3.67. The summed E-state index contributed by atoms with van der Waals surface area (Å²) in [5, 5.41) is 12.5. The minimum Gasteiger partial charge on any atom is -0.366 e. The molecular weight excluding hydrogens is 239 g/mol. The molecule has 0 aliphatic carbocycles. The Labute approximate surface area is 112 Å². The predicted octanol–water partition coefficient (Wildman–Crippen LogP) is 4.12. The summed E-state index contributed by atoms with van der Waals surface area (Å²) < 4.78 is 13.3. The van der Waals surface area contributed by atoms with E-state index in [2.05, 4.69) is 11.4 Å². The lowest BCUT2D eigenvalue weighted by Crippen LogP contribution is -2.09. The maximum Gasteiger partial charge on any atom is 0.140 e. The first-order chi connectivity index (χ1) is 9.11. The number of nitrogens with zero attached hydrogens (tertiary/aromatic N) is 1. The number of rotatable bonds is 3. The molecular formula is C16H15FN2. The Kier molecular flexibility index (Phi) is 3.82. The highest BCUT2D eigenvalue weighted by Gasteiger charge is 2.12. The fourth-order valence-corrected chi connectivity index (χ4v) is 1.93. The summed E-state index contributed by atoms with van der Waals surface area (Å²) in [6.07, 6.45) is 0. The molecule has 0 saturated carbocycles. The fraction of sp³-hybridized carbons (Fsp3) is 0.188. The summed E-state index contributed by atoms with van der Waals surface area (Å²) in [7, 11) is 0. The van der Waals surface area contributed by atoms with Gasteiger partial charge in [0.25, 0.3) is 0 Å². The molecule has 1 atom stereocenters. The number of aryl methyl sites for hydroxylation is 2. The molecule has 0 saturated heterocycles. The van der Waals surface area contributed by atoms with E-state index in [0.717, 1.165) is 16.8 Å². The normalized spacial score (nSPS) is 11.7. The smallest absolute Gasteiger partial charge is 0.140 e. The third-order valence-corrected chi connectivity index (χ3v) is 3.09. The van der Waals surface area contributed by atoms with Gasteiger partial charge in [-0.25, -0.2) is 4.39 Å². The van der Waals surface area contributed by atoms with Crippen LogP contribution in [0.15, 0.2) is 42.5 Å². The average molecular weight is 254 g/mol. The van der Waals surface area contributed by atoms with Crippen molar-refractivity contribution in [2.45, 2.75) is 19.9 Å². The standard InChI is InChI=1S/C16H15FN2/c1-11-5-3-4-6-15(11)19-16(10-18)13-7-8-14(17)12(2)9-13/h3-9,16,19H,1-2H3. The van der Waals surface area contributed by atoms with Crippen LogP contribution in [0.1, 0.15) is 22.7 Å². The van der Waals surface area contributed by atoms with Gasteiger partial charge >= 0.3 is 0 Å². The average Bonchev–Trinajstić information content (AvgIpc) is 2.41. The molecule has 0 radical (unpaired) electrons. The third kappa shape index (κ3) is 2.92. The Hall–Kier alpha value is -2.34. The number of nitrogens with one attached hydrogen (secondary N) is 1. The lowest BCUT2D eigenvalue weighted by atomic mass is 10.0. The molecule has 1 unspecified atom stereocenters. The second-order valence-electron chi connectivity index (χ2n) is 4.53. The molecule has 0 fully saturated rings. The summed E-state index contributed by atoms with van der Waals surface area (Å²) in [4.78, 5) is 0. The van der Waals surface area contributed by atoms with Crippen molar-refractivity contribution < 1.29 is 4.39 Å². The molecule has 2 aromatic rings. The molecule has 19 heavy (non-hydrogen) atoms. The lowest BCUT2D eigenvalue weighted by molar-refractivity contribution is 0.617. The van der Waals surface area contributed by atoms with Crippen LogP contribution in [0.25, 0.3) is 0 Å². The highest BCUT2D eigenvalue weighted by molar-refractivity contribution is 5.53. The van der Waals surface area contributed by atoms with Crippen molar-refractivity contribution in [3.05, 3.63) is 65.0 Å². The lowest BCUT2D eigenvalue weighted by Gasteiger charge is -2.15. The SMILES string of the molecule is Cc1cc(C(C#N)Nc2ccccc2C)ccc1F. The number of hydrogen-bond acceptors (Lipinski definition) is 2. The first-order valence-corrected chi connectivity index (χ1v) is 6.09. The monoisotopic (exact) mass is 254 g/mol. The molecule has 2 nitrogen and oxygen atoms in total. The summed E-state index contributed by atoms with van der Waals surface area (Å²) in [5.74, 6) is -0.253. The number of para-hydroxylation sites is 1. The second-order valence-corrected chi connectivity index (χ2v) is 4.53. The van der Waals surface area contributed by atoms with E-state index in [0.29, 0.717) is 5.56 Å². The van der Waals surface area contributed by atoms with Crippen molar-refractivity contribution in [2.24, 2.45) is 0 Å². The van der Waals surface area contributed by atoms with Crippen LogP contribution < -0.4 is 5.32 Å². The molecule has 2 aromatic carbocycles. The van der Waals surface area contributed by atoms with Crippen molar-refractivity contribution in [1.82, 2.24) is 0 Å². The van der Waals surface area contributed by atoms with Crippen LogP contribution in [-0.2, 0) is 0 Å². The van der Waals surface area contributed by atoms with E-state index >= 15 is 0 Å². The zero-order chi connectivity index (χ0) is 13.8. The largest absolute Gasteiger partial charge is 0.366 e. The Morgan fingerprint density at radius 1 is 1.11 bits per heavy atom. The Morgan fingerprint density at radius 2 is 1.84 bits per heavy atom. The number of anilines is 1. The second kappa shape index (κ2) is 5.53. The maximum atomic E-state index is 13.3. The predicted molar refractivity (Wildman–Crippen MR) is 74.3 cm³/mol. The maximum absolute atomic E-state index is 13.3. The van der Waals surface area contributed by atoms with E-state index in [1.807, 2.05) is 31.2 Å². The summed E-state index contributed by atoms with van der Waals surface area (Å²) in [5.41, 5.74) is 3.30. The first-order valence-electron chi connectivity index (χ1n) is 6.09. The number of hydrogen-bond donors (Lipinski definition) is 1. The minimum absolute atomic E-state index is 0.253. The first kappa shape index (κ1) is 13.1. The molecule has 0 aliphatic rings. The molecule has 0 heterocycles. The van der Waals surface area contributed by atoms with E-state index in [1.54, 1.807) is 19.1 Å². The van der Waals surface area contributed by atoms with Gasteiger partial charge in [-0.3, -0.25) is 0 Å². The van der Waals surface area contributed by atoms with Crippen LogP contribution in [0.4, 0.5) is 10.1 Å². The van der Waals surface area contributed by atoms with Crippen molar-refractivity contribution >= 4 is 5.69 Å². The van der Waals surface area contributed by atoms with Gasteiger partial charge in [0.1, 0.15) is 11.9 Å². The summed E-state index contributed by atoms with van der Waals surface area (Å²) >= 11 is 0. The van der Waals surface area contributed by atoms with Gasteiger partial charge in [-0.05, 0) is 42.7 Å². The van der Waals surface area contributed by atoms with Crippen molar-refractivity contribution in [3.63, 3.8) is 0 Å². The topological polar surface area (TPSA) is 35.8 Å². The Balaban J connectivity index is 2.28. The number of halogens is 1. The molecule has 0 aromatic heterocycles. The zero-order valence-corrected chi connectivity index (χ0v) is 10.9. The number of nitriles is 1. The molecule has 0 amide bonds. The van der Waals surface area contributed by atoms with Gasteiger partial charge < -0.3 is 5.32 Å². The van der Waals surface area contributed by atoms with Crippen LogP contribution in [0.2, 0.25) is 0 Å². The fourth-order valence-electron chi connectivity index (χ4n) is 1.93. The highest BCUT2D eigenvalue weighted by atomic mass is 19.1. The Morgan fingerprint density at radius 3 is 2.47 bits per heavy atom. The van der Waals surface area contributed by atoms with Gasteiger partial charge in [0.05, 0.1) is 6.07 Å². The molecule has 0 aliphatic heterocycles. The van der Waals surface area contributed by atoms with Crippen molar-refractivity contribution in [1.29, 1.82) is 5.26 Å². The zero-order valence-electron chi connectivity index (χ0n) is 10.9. The van der Waals surface area contributed by atoms with E-state index < -0.39 is 6.04 Å². The molecule has 2 rings (SSSR count). The molecule has 0 bridgehead atoms. The van der Waals surface area contributed by atoms with E-state index in [1.165, 1.54) is 6.07 Å². The van der Waals surface area contributed by atoms with Crippen molar-refractivity contribution in [2.75, 3.05) is 5.32 Å². The van der Waals surface area contributed by atoms with Crippen LogP contribution >= 0.6 is 0 Å². The van der Waals surface area contributed by atoms with Crippen LogP contribution in [-0.4, -0.2) is 0 Å². The quantitative estimate of drug-likeness (QED) is 0.894. The third-order valence-electron chi connectivity index (χ3n) is 3.09. The molecule has 96 valence electrons. The summed E-state index contributed by atoms with van der Waals surface area (Å²) in [6, 6.07) is 14.2. The van der Waals surface area contributed by atoms with Crippen molar-refractivity contribution in [3.8, 4) is 6.07 Å². The van der Waals surface area contributed by atoms with Gasteiger partial charge in [0.2, 0.25) is 0 Å². The van der Waals surface area contributed by atoms with Gasteiger partial charge in [0.15, 0.2) is 0 Å². The van der Waals surface area contributed by atoms with Crippen LogP contribution in [0.3, 0.4) is 0 Å². The van der Waals surface area contributed by atoms with Crippen LogP contribution in [0, 0.1) is 31.0 Å². The van der Waals surface area contributed by atoms with Crippen LogP contribution in [0.5, 0.6) is 0 Å². The molecule has 3 heteroatoms. The van der Waals surface area contributed by atoms with E-state index in [9.17, 15) is 9.65 Å². The van der Waals surface area contributed by atoms with E-state index in [4.69, 9.17) is 0 Å². The Bertz CT molecular complexity index is 629. The molecule has 0 spiro atoms. The number of benzene rings is 2. The van der Waals surface area contributed by atoms with E-state index in [-0.39, 0.29) is 5.82 Å². The van der Waals surface area contributed by atoms with Gasteiger partial charge in [-0.1, -0.05) is 30.3 Å². The van der Waals surface area contributed by atoms with Gasteiger partial charge in [0, 0.05) is 5.69 Å². The minimum atomic E-state index is -0.486. The molecule has 1 N–H and O–H groups in total. The van der Waals surface area contributed by atoms with Gasteiger partial charge in [-0.2, -0.15) is 5.26 Å². The van der Waals surface area contributed by atoms with Gasteiger partial charge in [-0.15, -0.1) is 0 Å².